The van der Waals surface area contributed by atoms with Crippen LogP contribution in [-0.2, 0) is 6.54 Å². The van der Waals surface area contributed by atoms with Gasteiger partial charge >= 0.3 is 0 Å². The third-order valence-corrected chi connectivity index (χ3v) is 5.16. The Kier molecular flexibility index (Phi) is 5.21. The predicted octanol–water partition coefficient (Wildman–Crippen LogP) is 3.11. The van der Waals surface area contributed by atoms with Crippen molar-refractivity contribution in [3.8, 4) is 0 Å². The summed E-state index contributed by atoms with van der Waals surface area (Å²) in [6.45, 7) is 2.95. The molecule has 24 heavy (non-hydrogen) atoms. The highest BCUT2D eigenvalue weighted by molar-refractivity contribution is 6.30. The summed E-state index contributed by atoms with van der Waals surface area (Å²) in [5.74, 6) is -0.523. The topological polar surface area (TPSA) is 43.7 Å². The average molecular weight is 350 g/mol. The van der Waals surface area contributed by atoms with Gasteiger partial charge in [0.25, 0.3) is 0 Å². The Morgan fingerprint density at radius 3 is 2.67 bits per heavy atom. The second-order valence-corrected chi connectivity index (χ2v) is 6.79. The van der Waals surface area contributed by atoms with Gasteiger partial charge in [-0.2, -0.15) is 0 Å². The van der Waals surface area contributed by atoms with Gasteiger partial charge in [0, 0.05) is 19.0 Å². The molecular formula is C19H21ClFNO2. The molecule has 1 fully saturated rings. The lowest BCUT2D eigenvalue weighted by Gasteiger charge is -2.24. The van der Waals surface area contributed by atoms with E-state index in [9.17, 15) is 14.6 Å². The first-order valence-corrected chi connectivity index (χ1v) is 8.41. The van der Waals surface area contributed by atoms with E-state index in [0.29, 0.717) is 13.1 Å². The minimum absolute atomic E-state index is 0.0690. The molecule has 2 N–H and O–H groups in total. The maximum Gasteiger partial charge on any atom is 0.142 e. The molecule has 0 amide bonds. The molecule has 2 aromatic rings. The van der Waals surface area contributed by atoms with Crippen LogP contribution >= 0.6 is 11.6 Å². The Labute approximate surface area is 146 Å². The number of likely N-dealkylation sites (tertiary alicyclic amines) is 1. The molecule has 0 aliphatic carbocycles. The third-order valence-electron chi connectivity index (χ3n) is 4.85. The molecular weight excluding hydrogens is 329 g/mol. The molecule has 1 aliphatic rings. The minimum Gasteiger partial charge on any atom is -0.395 e. The Hall–Kier alpha value is -1.46. The molecule has 5 heteroatoms. The van der Waals surface area contributed by atoms with Gasteiger partial charge in [-0.05, 0) is 35.7 Å². The highest BCUT2D eigenvalue weighted by Crippen LogP contribution is 2.34. The Morgan fingerprint density at radius 1 is 1.25 bits per heavy atom. The highest BCUT2D eigenvalue weighted by Gasteiger charge is 2.41. The number of hydrogen-bond acceptors (Lipinski definition) is 3. The van der Waals surface area contributed by atoms with Gasteiger partial charge in [-0.1, -0.05) is 41.9 Å². The predicted molar refractivity (Wildman–Crippen MR) is 92.6 cm³/mol. The first-order chi connectivity index (χ1) is 11.5. The SMILES string of the molecule is Cc1ccccc1[C@H]1CN(Cc2ccc(Cl)c(F)c2)[C@H](CO)[C@@H]1O. The largest absolute Gasteiger partial charge is 0.395 e. The number of aryl methyl sites for hydroxylation is 1. The van der Waals surface area contributed by atoms with Crippen LogP contribution in [-0.4, -0.2) is 40.4 Å². The maximum absolute atomic E-state index is 13.7. The van der Waals surface area contributed by atoms with Crippen molar-refractivity contribution in [1.29, 1.82) is 0 Å². The maximum atomic E-state index is 13.7. The number of hydrogen-bond donors (Lipinski definition) is 2. The quantitative estimate of drug-likeness (QED) is 0.891. The molecule has 1 aliphatic heterocycles. The smallest absolute Gasteiger partial charge is 0.142 e. The van der Waals surface area contributed by atoms with Gasteiger partial charge in [-0.15, -0.1) is 0 Å². The molecule has 3 rings (SSSR count). The molecule has 0 bridgehead atoms. The number of rotatable bonds is 4. The molecule has 0 saturated carbocycles. The van der Waals surface area contributed by atoms with Crippen LogP contribution in [0.3, 0.4) is 0 Å². The van der Waals surface area contributed by atoms with E-state index in [1.807, 2.05) is 36.1 Å². The summed E-state index contributed by atoms with van der Waals surface area (Å²) in [7, 11) is 0. The molecule has 0 unspecified atom stereocenters. The van der Waals surface area contributed by atoms with Crippen molar-refractivity contribution in [2.75, 3.05) is 13.2 Å². The number of halogens is 2. The van der Waals surface area contributed by atoms with Crippen molar-refractivity contribution >= 4 is 11.6 Å². The summed E-state index contributed by atoms with van der Waals surface area (Å²) in [6.07, 6.45) is -0.659. The Morgan fingerprint density at radius 2 is 2.00 bits per heavy atom. The molecule has 3 atom stereocenters. The van der Waals surface area contributed by atoms with Crippen molar-refractivity contribution in [2.24, 2.45) is 0 Å². The fraction of sp³-hybridized carbons (Fsp3) is 0.368. The summed E-state index contributed by atoms with van der Waals surface area (Å²) in [5.41, 5.74) is 2.99. The van der Waals surface area contributed by atoms with Crippen LogP contribution in [0.4, 0.5) is 4.39 Å². The van der Waals surface area contributed by atoms with Crippen molar-refractivity contribution < 1.29 is 14.6 Å². The van der Waals surface area contributed by atoms with E-state index >= 15 is 0 Å². The second kappa shape index (κ2) is 7.19. The van der Waals surface area contributed by atoms with Gasteiger partial charge in [0.2, 0.25) is 0 Å². The number of aliphatic hydroxyl groups excluding tert-OH is 2. The number of aliphatic hydroxyl groups is 2. The molecule has 1 saturated heterocycles. The van der Waals surface area contributed by atoms with Crippen LogP contribution in [0.25, 0.3) is 0 Å². The van der Waals surface area contributed by atoms with Gasteiger partial charge in [-0.25, -0.2) is 4.39 Å². The van der Waals surface area contributed by atoms with Crippen molar-refractivity contribution in [3.63, 3.8) is 0 Å². The number of benzene rings is 2. The first-order valence-electron chi connectivity index (χ1n) is 8.03. The minimum atomic E-state index is -0.659. The van der Waals surface area contributed by atoms with E-state index in [1.165, 1.54) is 12.1 Å². The normalized spacial score (nSPS) is 24.5. The van der Waals surface area contributed by atoms with Crippen LogP contribution in [0.15, 0.2) is 42.5 Å². The lowest BCUT2D eigenvalue weighted by molar-refractivity contribution is 0.0640. The molecule has 1 heterocycles. The van der Waals surface area contributed by atoms with Crippen molar-refractivity contribution in [1.82, 2.24) is 4.90 Å². The highest BCUT2D eigenvalue weighted by atomic mass is 35.5. The van der Waals surface area contributed by atoms with Crippen molar-refractivity contribution in [3.05, 3.63) is 70.0 Å². The van der Waals surface area contributed by atoms with Gasteiger partial charge in [0.1, 0.15) is 5.82 Å². The molecule has 2 aromatic carbocycles. The van der Waals surface area contributed by atoms with E-state index in [4.69, 9.17) is 11.6 Å². The van der Waals surface area contributed by atoms with E-state index in [-0.39, 0.29) is 23.6 Å². The monoisotopic (exact) mass is 349 g/mol. The lowest BCUT2D eigenvalue weighted by Crippen LogP contribution is -2.38. The van der Waals surface area contributed by atoms with Crippen LogP contribution in [0.2, 0.25) is 5.02 Å². The van der Waals surface area contributed by atoms with Gasteiger partial charge in [0.15, 0.2) is 0 Å². The zero-order valence-electron chi connectivity index (χ0n) is 13.5. The van der Waals surface area contributed by atoms with Crippen LogP contribution < -0.4 is 0 Å². The fourth-order valence-electron chi connectivity index (χ4n) is 3.54. The molecule has 3 nitrogen and oxygen atoms in total. The Balaban J connectivity index is 1.83. The molecule has 0 spiro atoms. The molecule has 0 radical (unpaired) electrons. The summed E-state index contributed by atoms with van der Waals surface area (Å²) < 4.78 is 13.7. The lowest BCUT2D eigenvalue weighted by atomic mass is 9.90. The summed E-state index contributed by atoms with van der Waals surface area (Å²) in [6, 6.07) is 12.3. The second-order valence-electron chi connectivity index (χ2n) is 6.38. The standard InChI is InChI=1S/C19H21ClFNO2/c1-12-4-2-3-5-14(12)15-10-22(18(11-23)19(15)24)9-13-6-7-16(20)17(21)8-13/h2-8,15,18-19,23-24H,9-11H2,1H3/t15-,18-,19-/m1/s1. The third kappa shape index (κ3) is 3.33. The van der Waals surface area contributed by atoms with E-state index in [0.717, 1.165) is 16.7 Å². The van der Waals surface area contributed by atoms with Gasteiger partial charge in [-0.3, -0.25) is 4.90 Å². The summed E-state index contributed by atoms with van der Waals surface area (Å²) >= 11 is 5.73. The summed E-state index contributed by atoms with van der Waals surface area (Å²) in [4.78, 5) is 2.00. The van der Waals surface area contributed by atoms with E-state index in [1.54, 1.807) is 6.07 Å². The van der Waals surface area contributed by atoms with E-state index < -0.39 is 11.9 Å². The van der Waals surface area contributed by atoms with Crippen LogP contribution in [0.1, 0.15) is 22.6 Å². The number of nitrogens with zero attached hydrogens (tertiary/aromatic N) is 1. The zero-order chi connectivity index (χ0) is 17.3. The average Bonchev–Trinajstić information content (AvgIpc) is 2.87. The van der Waals surface area contributed by atoms with Crippen LogP contribution in [0.5, 0.6) is 0 Å². The van der Waals surface area contributed by atoms with E-state index in [2.05, 4.69) is 0 Å². The first kappa shape index (κ1) is 17.4. The summed E-state index contributed by atoms with van der Waals surface area (Å²) in [5, 5.41) is 20.5. The zero-order valence-corrected chi connectivity index (χ0v) is 14.2. The molecule has 128 valence electrons. The Bertz CT molecular complexity index is 724. The molecule has 0 aromatic heterocycles. The van der Waals surface area contributed by atoms with Crippen molar-refractivity contribution in [2.45, 2.75) is 31.5 Å². The van der Waals surface area contributed by atoms with Gasteiger partial charge in [0.05, 0.1) is 23.8 Å². The fourth-order valence-corrected chi connectivity index (χ4v) is 3.66. The van der Waals surface area contributed by atoms with Gasteiger partial charge < -0.3 is 10.2 Å². The van der Waals surface area contributed by atoms with Crippen LogP contribution in [0, 0.1) is 12.7 Å².